The zero-order valence-corrected chi connectivity index (χ0v) is 17.7. The van der Waals surface area contributed by atoms with Crippen molar-refractivity contribution in [2.45, 2.75) is 32.2 Å². The maximum Gasteiger partial charge on any atom is 0.254 e. The Balaban J connectivity index is 1.47. The van der Waals surface area contributed by atoms with Crippen molar-refractivity contribution in [3.05, 3.63) is 53.6 Å². The van der Waals surface area contributed by atoms with Gasteiger partial charge >= 0.3 is 0 Å². The lowest BCUT2D eigenvalue weighted by molar-refractivity contribution is -0.117. The van der Waals surface area contributed by atoms with E-state index in [1.165, 1.54) is 0 Å². The highest BCUT2D eigenvalue weighted by atomic mass is 16.5. The van der Waals surface area contributed by atoms with Gasteiger partial charge in [-0.2, -0.15) is 0 Å². The van der Waals surface area contributed by atoms with E-state index in [0.717, 1.165) is 37.1 Å². The van der Waals surface area contributed by atoms with Gasteiger partial charge in [0.15, 0.2) is 11.5 Å². The minimum absolute atomic E-state index is 0.000904. The zero-order chi connectivity index (χ0) is 21.3. The molecule has 2 amide bonds. The highest BCUT2D eigenvalue weighted by Crippen LogP contribution is 2.39. The van der Waals surface area contributed by atoms with Gasteiger partial charge in [0.05, 0.1) is 20.3 Å². The van der Waals surface area contributed by atoms with Crippen LogP contribution in [0.25, 0.3) is 0 Å². The Morgan fingerprint density at radius 1 is 1.03 bits per heavy atom. The molecule has 2 aromatic carbocycles. The number of carbonyl (C=O) groups is 2. The summed E-state index contributed by atoms with van der Waals surface area (Å²) in [4.78, 5) is 27.2. The first-order chi connectivity index (χ1) is 14.5. The molecule has 1 aliphatic carbocycles. The Labute approximate surface area is 177 Å². The van der Waals surface area contributed by atoms with Gasteiger partial charge in [-0.15, -0.1) is 0 Å². The second kappa shape index (κ2) is 8.38. The van der Waals surface area contributed by atoms with Crippen LogP contribution in [0.3, 0.4) is 0 Å². The van der Waals surface area contributed by atoms with Crippen LogP contribution in [-0.2, 0) is 4.79 Å². The molecule has 158 valence electrons. The van der Waals surface area contributed by atoms with Crippen molar-refractivity contribution in [2.75, 3.05) is 26.1 Å². The van der Waals surface area contributed by atoms with E-state index < -0.39 is 0 Å². The van der Waals surface area contributed by atoms with Gasteiger partial charge in [-0.25, -0.2) is 0 Å². The number of benzene rings is 2. The summed E-state index contributed by atoms with van der Waals surface area (Å²) in [5, 5.41) is 2.94. The number of carbonyl (C=O) groups excluding carboxylic acids is 2. The molecule has 6 heteroatoms. The normalized spacial score (nSPS) is 22.5. The second-order valence-electron chi connectivity index (χ2n) is 8.16. The highest BCUT2D eigenvalue weighted by molar-refractivity contribution is 5.97. The molecule has 0 radical (unpaired) electrons. The van der Waals surface area contributed by atoms with Crippen LogP contribution in [0.15, 0.2) is 42.5 Å². The predicted molar refractivity (Wildman–Crippen MR) is 115 cm³/mol. The number of nitrogens with one attached hydrogen (secondary N) is 1. The van der Waals surface area contributed by atoms with Crippen LogP contribution < -0.4 is 14.8 Å². The van der Waals surface area contributed by atoms with E-state index in [1.54, 1.807) is 38.5 Å². The standard InChI is InChI=1S/C24H28N2O4/c1-15-13-19(15)23(27)25-18-9-6-16(7-10-18)24(28)26-12-4-5-20(26)17-8-11-21(29-2)22(14-17)30-3/h6-11,14-15,19-20H,4-5,12-13H2,1-3H3,(H,25,27). The van der Waals surface area contributed by atoms with Gasteiger partial charge < -0.3 is 19.7 Å². The van der Waals surface area contributed by atoms with Crippen molar-refractivity contribution in [3.8, 4) is 11.5 Å². The molecule has 1 aliphatic heterocycles. The van der Waals surface area contributed by atoms with Gasteiger partial charge in [-0.1, -0.05) is 13.0 Å². The van der Waals surface area contributed by atoms with E-state index in [0.29, 0.717) is 23.0 Å². The van der Waals surface area contributed by atoms with Gasteiger partial charge in [-0.3, -0.25) is 9.59 Å². The first kappa shape index (κ1) is 20.3. The number of amides is 2. The van der Waals surface area contributed by atoms with Gasteiger partial charge in [0, 0.05) is 23.7 Å². The van der Waals surface area contributed by atoms with Crippen LogP contribution in [0.2, 0.25) is 0 Å². The number of hydrogen-bond donors (Lipinski definition) is 1. The fourth-order valence-corrected chi connectivity index (χ4v) is 4.20. The van der Waals surface area contributed by atoms with Crippen LogP contribution >= 0.6 is 0 Å². The van der Waals surface area contributed by atoms with E-state index >= 15 is 0 Å². The Morgan fingerprint density at radius 3 is 2.37 bits per heavy atom. The van der Waals surface area contributed by atoms with Crippen molar-refractivity contribution in [3.63, 3.8) is 0 Å². The minimum Gasteiger partial charge on any atom is -0.493 e. The van der Waals surface area contributed by atoms with Crippen LogP contribution in [0, 0.1) is 11.8 Å². The van der Waals surface area contributed by atoms with E-state index in [-0.39, 0.29) is 23.8 Å². The molecule has 1 saturated heterocycles. The Hall–Kier alpha value is -3.02. The molecule has 0 aromatic heterocycles. The Morgan fingerprint density at radius 2 is 1.73 bits per heavy atom. The quantitative estimate of drug-likeness (QED) is 0.775. The molecule has 0 spiro atoms. The SMILES string of the molecule is COc1ccc(C2CCCN2C(=O)c2ccc(NC(=O)C3CC3C)cc2)cc1OC. The van der Waals surface area contributed by atoms with Gasteiger partial charge in [-0.05, 0) is 67.1 Å². The van der Waals surface area contributed by atoms with Crippen molar-refractivity contribution >= 4 is 17.5 Å². The fourth-order valence-electron chi connectivity index (χ4n) is 4.20. The third-order valence-electron chi connectivity index (χ3n) is 6.15. The summed E-state index contributed by atoms with van der Waals surface area (Å²) in [6.45, 7) is 2.80. The van der Waals surface area contributed by atoms with Crippen molar-refractivity contribution < 1.29 is 19.1 Å². The molecular weight excluding hydrogens is 380 g/mol. The fraction of sp³-hybridized carbons (Fsp3) is 0.417. The minimum atomic E-state index is 0.000904. The number of methoxy groups -OCH3 is 2. The average Bonchev–Trinajstić information content (AvgIpc) is 3.31. The Kier molecular flexibility index (Phi) is 5.66. The lowest BCUT2D eigenvalue weighted by atomic mass is 10.0. The monoisotopic (exact) mass is 408 g/mol. The molecule has 3 atom stereocenters. The average molecular weight is 408 g/mol. The number of anilines is 1. The first-order valence-electron chi connectivity index (χ1n) is 10.5. The summed E-state index contributed by atoms with van der Waals surface area (Å²) in [5.74, 6) is 2.00. The maximum atomic E-state index is 13.2. The summed E-state index contributed by atoms with van der Waals surface area (Å²) < 4.78 is 10.8. The molecule has 1 heterocycles. The molecule has 0 bridgehead atoms. The molecule has 3 unspecified atom stereocenters. The van der Waals surface area contributed by atoms with E-state index in [1.807, 2.05) is 23.1 Å². The lowest BCUT2D eigenvalue weighted by Crippen LogP contribution is -2.30. The van der Waals surface area contributed by atoms with E-state index in [4.69, 9.17) is 9.47 Å². The molecule has 30 heavy (non-hydrogen) atoms. The summed E-state index contributed by atoms with van der Waals surface area (Å²) in [5.41, 5.74) is 2.40. The largest absolute Gasteiger partial charge is 0.493 e. The lowest BCUT2D eigenvalue weighted by Gasteiger charge is -2.26. The predicted octanol–water partition coefficient (Wildman–Crippen LogP) is 4.28. The molecular formula is C24H28N2O4. The molecule has 2 fully saturated rings. The van der Waals surface area contributed by atoms with Crippen LogP contribution in [0.5, 0.6) is 11.5 Å². The third-order valence-corrected chi connectivity index (χ3v) is 6.15. The van der Waals surface area contributed by atoms with Crippen molar-refractivity contribution in [1.29, 1.82) is 0 Å². The number of ether oxygens (including phenoxy) is 2. The van der Waals surface area contributed by atoms with Crippen LogP contribution in [-0.4, -0.2) is 37.5 Å². The third kappa shape index (κ3) is 3.99. The van der Waals surface area contributed by atoms with Crippen molar-refractivity contribution in [2.24, 2.45) is 11.8 Å². The van der Waals surface area contributed by atoms with Crippen LogP contribution in [0.1, 0.15) is 48.1 Å². The number of hydrogen-bond acceptors (Lipinski definition) is 4. The smallest absolute Gasteiger partial charge is 0.254 e. The topological polar surface area (TPSA) is 67.9 Å². The number of rotatable bonds is 6. The molecule has 1 N–H and O–H groups in total. The summed E-state index contributed by atoms with van der Waals surface area (Å²) in [7, 11) is 3.23. The second-order valence-corrected chi connectivity index (χ2v) is 8.16. The first-order valence-corrected chi connectivity index (χ1v) is 10.5. The highest BCUT2D eigenvalue weighted by Gasteiger charge is 2.39. The summed E-state index contributed by atoms with van der Waals surface area (Å²) in [6.07, 6.45) is 2.82. The van der Waals surface area contributed by atoms with Crippen molar-refractivity contribution in [1.82, 2.24) is 4.90 Å². The van der Waals surface area contributed by atoms with Gasteiger partial charge in [0.1, 0.15) is 0 Å². The van der Waals surface area contributed by atoms with E-state index in [9.17, 15) is 9.59 Å². The molecule has 2 aromatic rings. The summed E-state index contributed by atoms with van der Waals surface area (Å²) in [6, 6.07) is 13.0. The zero-order valence-electron chi connectivity index (χ0n) is 17.7. The van der Waals surface area contributed by atoms with Gasteiger partial charge in [0.25, 0.3) is 5.91 Å². The Bertz CT molecular complexity index is 941. The molecule has 2 aliphatic rings. The number of nitrogens with zero attached hydrogens (tertiary/aromatic N) is 1. The molecule has 1 saturated carbocycles. The summed E-state index contributed by atoms with van der Waals surface area (Å²) >= 11 is 0. The molecule has 4 rings (SSSR count). The van der Waals surface area contributed by atoms with Gasteiger partial charge in [0.2, 0.25) is 5.91 Å². The number of likely N-dealkylation sites (tertiary alicyclic amines) is 1. The maximum absolute atomic E-state index is 13.2. The van der Waals surface area contributed by atoms with Crippen LogP contribution in [0.4, 0.5) is 5.69 Å². The van der Waals surface area contributed by atoms with E-state index in [2.05, 4.69) is 12.2 Å². The molecule has 6 nitrogen and oxygen atoms in total.